The van der Waals surface area contributed by atoms with Crippen molar-refractivity contribution >= 4 is 43.2 Å². The molecule has 2 aromatic rings. The number of thiophene rings is 1. The lowest BCUT2D eigenvalue weighted by molar-refractivity contribution is 1.06. The first-order valence-corrected chi connectivity index (χ1v) is 9.02. The van der Waals surface area contributed by atoms with Crippen molar-refractivity contribution in [3.63, 3.8) is 0 Å². The fraction of sp³-hybridized carbons (Fsp3) is 0.375. The average Bonchev–Trinajstić information content (AvgIpc) is 2.84. The van der Waals surface area contributed by atoms with E-state index in [0.29, 0.717) is 4.83 Å². The van der Waals surface area contributed by atoms with E-state index >= 15 is 0 Å². The van der Waals surface area contributed by atoms with Crippen molar-refractivity contribution in [2.24, 2.45) is 0 Å². The topological polar surface area (TPSA) is 0 Å². The highest BCUT2D eigenvalue weighted by atomic mass is 79.9. The van der Waals surface area contributed by atoms with Gasteiger partial charge in [-0.15, -0.1) is 11.3 Å². The minimum atomic E-state index is 0.291. The minimum Gasteiger partial charge on any atom is -0.147 e. The molecule has 0 amide bonds. The Kier molecular flexibility index (Phi) is 4.91. The summed E-state index contributed by atoms with van der Waals surface area (Å²) < 4.78 is 1.23. The van der Waals surface area contributed by atoms with Crippen LogP contribution in [0.2, 0.25) is 0 Å². The summed E-state index contributed by atoms with van der Waals surface area (Å²) in [5.41, 5.74) is 6.85. The van der Waals surface area contributed by atoms with Crippen molar-refractivity contribution in [1.82, 2.24) is 0 Å². The van der Waals surface area contributed by atoms with Crippen molar-refractivity contribution in [1.29, 1.82) is 0 Å². The summed E-state index contributed by atoms with van der Waals surface area (Å²) in [6, 6.07) is 4.50. The Hall–Kier alpha value is -0.120. The van der Waals surface area contributed by atoms with Crippen LogP contribution in [0.25, 0.3) is 0 Å². The summed E-state index contributed by atoms with van der Waals surface area (Å²) in [6.45, 7) is 8.78. The maximum Gasteiger partial charge on any atom is 0.0746 e. The van der Waals surface area contributed by atoms with Crippen LogP contribution in [0.3, 0.4) is 0 Å². The molecule has 0 bridgehead atoms. The van der Waals surface area contributed by atoms with Crippen molar-refractivity contribution in [3.8, 4) is 0 Å². The molecule has 1 heterocycles. The molecule has 1 atom stereocenters. The smallest absolute Gasteiger partial charge is 0.0746 e. The fourth-order valence-electron chi connectivity index (χ4n) is 2.56. The van der Waals surface area contributed by atoms with Gasteiger partial charge in [0, 0.05) is 9.35 Å². The highest BCUT2D eigenvalue weighted by Crippen LogP contribution is 2.42. The van der Waals surface area contributed by atoms with E-state index in [1.807, 2.05) is 11.3 Å². The molecule has 2 rings (SSSR count). The number of hydrogen-bond donors (Lipinski definition) is 0. The van der Waals surface area contributed by atoms with Gasteiger partial charge in [0.05, 0.1) is 4.83 Å². The second kappa shape index (κ2) is 6.11. The van der Waals surface area contributed by atoms with Crippen molar-refractivity contribution in [2.75, 3.05) is 0 Å². The number of aryl methyl sites for hydroxylation is 3. The molecule has 0 aliphatic heterocycles. The number of hydrogen-bond acceptors (Lipinski definition) is 1. The van der Waals surface area contributed by atoms with E-state index in [-0.39, 0.29) is 0 Å². The van der Waals surface area contributed by atoms with Crippen molar-refractivity contribution in [3.05, 3.63) is 54.7 Å². The van der Waals surface area contributed by atoms with E-state index in [2.05, 4.69) is 77.1 Å². The maximum atomic E-state index is 3.91. The van der Waals surface area contributed by atoms with Crippen molar-refractivity contribution < 1.29 is 0 Å². The lowest BCUT2D eigenvalue weighted by atomic mass is 9.95. The molecule has 1 unspecified atom stereocenters. The summed E-state index contributed by atoms with van der Waals surface area (Å²) in [5, 5.41) is 2.19. The molecule has 19 heavy (non-hydrogen) atoms. The lowest BCUT2D eigenvalue weighted by Crippen LogP contribution is -2.01. The van der Waals surface area contributed by atoms with Crippen molar-refractivity contribution in [2.45, 2.75) is 38.9 Å². The summed E-state index contributed by atoms with van der Waals surface area (Å²) >= 11 is 9.47. The van der Waals surface area contributed by atoms with Gasteiger partial charge in [-0.2, -0.15) is 0 Å². The number of rotatable bonds is 3. The number of halogens is 2. The van der Waals surface area contributed by atoms with Crippen LogP contribution in [0, 0.1) is 20.8 Å². The zero-order valence-corrected chi connectivity index (χ0v) is 15.7. The minimum absolute atomic E-state index is 0.291. The quantitative estimate of drug-likeness (QED) is 0.516. The van der Waals surface area contributed by atoms with Gasteiger partial charge < -0.3 is 0 Å². The molecule has 1 aromatic heterocycles. The number of alkyl halides is 1. The molecule has 102 valence electrons. The molecule has 0 N–H and O–H groups in total. The molecular formula is C16H18Br2S. The van der Waals surface area contributed by atoms with E-state index in [1.54, 1.807) is 0 Å². The largest absolute Gasteiger partial charge is 0.147 e. The van der Waals surface area contributed by atoms with Gasteiger partial charge in [0.25, 0.3) is 0 Å². The van der Waals surface area contributed by atoms with Gasteiger partial charge in [-0.25, -0.2) is 0 Å². The highest BCUT2D eigenvalue weighted by molar-refractivity contribution is 9.10. The Balaban J connectivity index is 2.56. The molecule has 0 spiro atoms. The van der Waals surface area contributed by atoms with Crippen LogP contribution in [-0.2, 0) is 6.42 Å². The number of benzene rings is 1. The summed E-state index contributed by atoms with van der Waals surface area (Å²) in [4.78, 5) is 1.73. The zero-order valence-electron chi connectivity index (χ0n) is 11.7. The first-order chi connectivity index (χ1) is 8.97. The third-order valence-electron chi connectivity index (χ3n) is 3.58. The summed E-state index contributed by atoms with van der Waals surface area (Å²) in [6.07, 6.45) is 1.09. The maximum absolute atomic E-state index is 3.91. The molecule has 0 aliphatic carbocycles. The molecule has 1 aromatic carbocycles. The lowest BCUT2D eigenvalue weighted by Gasteiger charge is -2.19. The van der Waals surface area contributed by atoms with Gasteiger partial charge in [-0.3, -0.25) is 0 Å². The van der Waals surface area contributed by atoms with E-state index in [9.17, 15) is 0 Å². The fourth-order valence-corrected chi connectivity index (χ4v) is 5.19. The van der Waals surface area contributed by atoms with Gasteiger partial charge in [-0.05, 0) is 66.5 Å². The van der Waals surface area contributed by atoms with Crippen LogP contribution in [0.15, 0.2) is 22.0 Å². The first kappa shape index (κ1) is 15.3. The van der Waals surface area contributed by atoms with Crippen LogP contribution >= 0.6 is 43.2 Å². The zero-order chi connectivity index (χ0) is 14.2. The predicted molar refractivity (Wildman–Crippen MR) is 92.8 cm³/mol. The van der Waals surface area contributed by atoms with Crippen LogP contribution in [0.1, 0.15) is 44.4 Å². The van der Waals surface area contributed by atoms with Crippen LogP contribution in [0.4, 0.5) is 0 Å². The van der Waals surface area contributed by atoms with Crippen LogP contribution < -0.4 is 0 Å². The van der Waals surface area contributed by atoms with Gasteiger partial charge in [0.15, 0.2) is 0 Å². The third-order valence-corrected chi connectivity index (χ3v) is 7.05. The molecule has 0 radical (unpaired) electrons. The monoisotopic (exact) mass is 400 g/mol. The molecule has 0 aliphatic rings. The third kappa shape index (κ3) is 2.84. The molecule has 3 heteroatoms. The van der Waals surface area contributed by atoms with Gasteiger partial charge >= 0.3 is 0 Å². The molecule has 0 saturated heterocycles. The Morgan fingerprint density at radius 3 is 2.53 bits per heavy atom. The SMILES string of the molecule is CCc1ccsc1C(Br)c1c(C)cc(C)c(Br)c1C. The standard InChI is InChI=1S/C16H18Br2S/c1-5-12-6-7-19-16(12)15(18)13-9(2)8-10(3)14(17)11(13)4/h6-8,15H,5H2,1-4H3. The highest BCUT2D eigenvalue weighted by Gasteiger charge is 2.21. The van der Waals surface area contributed by atoms with Gasteiger partial charge in [0.1, 0.15) is 0 Å². The van der Waals surface area contributed by atoms with E-state index in [0.717, 1.165) is 6.42 Å². The Labute approximate surface area is 136 Å². The van der Waals surface area contributed by atoms with Crippen LogP contribution in [0.5, 0.6) is 0 Å². The Bertz CT molecular complexity index is 599. The normalized spacial score (nSPS) is 12.7. The molecular weight excluding hydrogens is 384 g/mol. The molecule has 0 nitrogen and oxygen atoms in total. The van der Waals surface area contributed by atoms with Gasteiger partial charge in [-0.1, -0.05) is 44.8 Å². The Morgan fingerprint density at radius 1 is 1.21 bits per heavy atom. The average molecular weight is 402 g/mol. The second-order valence-corrected chi connectivity index (χ2v) is 7.55. The van der Waals surface area contributed by atoms with Crippen LogP contribution in [-0.4, -0.2) is 0 Å². The van der Waals surface area contributed by atoms with E-state index in [1.165, 1.54) is 37.2 Å². The predicted octanol–water partition coefficient (Wildman–Crippen LogP) is 6.48. The molecule has 0 fully saturated rings. The molecule has 0 saturated carbocycles. The summed E-state index contributed by atoms with van der Waals surface area (Å²) in [7, 11) is 0. The summed E-state index contributed by atoms with van der Waals surface area (Å²) in [5.74, 6) is 0. The van der Waals surface area contributed by atoms with E-state index < -0.39 is 0 Å². The first-order valence-electron chi connectivity index (χ1n) is 6.43. The van der Waals surface area contributed by atoms with E-state index in [4.69, 9.17) is 0 Å². The van der Waals surface area contributed by atoms with Gasteiger partial charge in [0.2, 0.25) is 0 Å². The second-order valence-electron chi connectivity index (χ2n) is 4.89. The Morgan fingerprint density at radius 2 is 1.89 bits per heavy atom.